The number of anilines is 1. The van der Waals surface area contributed by atoms with Crippen LogP contribution in [0, 0.1) is 17.2 Å². The van der Waals surface area contributed by atoms with E-state index in [-0.39, 0.29) is 30.1 Å². The summed E-state index contributed by atoms with van der Waals surface area (Å²) in [7, 11) is 0. The molecule has 0 bridgehead atoms. The number of carbonyl (C=O) groups is 2. The number of nitriles is 1. The number of ether oxygens (including phenoxy) is 1. The number of carboxylic acids is 1. The van der Waals surface area contributed by atoms with Crippen molar-refractivity contribution in [3.63, 3.8) is 0 Å². The number of benzene rings is 1. The number of nitrogens with one attached hydrogen (secondary N) is 1. The van der Waals surface area contributed by atoms with Gasteiger partial charge in [-0.3, -0.25) is 9.59 Å². The van der Waals surface area contributed by atoms with E-state index in [0.29, 0.717) is 50.2 Å². The summed E-state index contributed by atoms with van der Waals surface area (Å²) >= 11 is 5.85. The number of halogens is 1. The molecule has 1 saturated heterocycles. The summed E-state index contributed by atoms with van der Waals surface area (Å²) in [6.45, 7) is 1.94. The first-order valence-corrected chi connectivity index (χ1v) is 10.7. The van der Waals surface area contributed by atoms with E-state index in [0.717, 1.165) is 11.4 Å². The first-order chi connectivity index (χ1) is 15.5. The fourth-order valence-corrected chi connectivity index (χ4v) is 3.70. The van der Waals surface area contributed by atoms with Gasteiger partial charge in [0.1, 0.15) is 18.2 Å². The molecular weight excluding hydrogens is 434 g/mol. The normalized spacial score (nSPS) is 13.9. The van der Waals surface area contributed by atoms with Crippen molar-refractivity contribution >= 4 is 29.3 Å². The molecule has 2 N–H and O–H groups in total. The number of piperidine rings is 1. The van der Waals surface area contributed by atoms with Crippen LogP contribution in [-0.4, -0.2) is 53.2 Å². The number of amides is 1. The van der Waals surface area contributed by atoms with E-state index in [2.05, 4.69) is 20.2 Å². The Hall–Kier alpha value is -3.38. The third-order valence-corrected chi connectivity index (χ3v) is 5.45. The van der Waals surface area contributed by atoms with Crippen molar-refractivity contribution in [2.75, 3.05) is 31.1 Å². The van der Waals surface area contributed by atoms with Gasteiger partial charge in [0.15, 0.2) is 0 Å². The third kappa shape index (κ3) is 6.56. The van der Waals surface area contributed by atoms with Gasteiger partial charge in [0.2, 0.25) is 11.2 Å². The Morgan fingerprint density at radius 2 is 2.09 bits per heavy atom. The van der Waals surface area contributed by atoms with Crippen LogP contribution in [0.25, 0.3) is 0 Å². The van der Waals surface area contributed by atoms with Crippen LogP contribution in [0.5, 0.6) is 5.75 Å². The van der Waals surface area contributed by atoms with Crippen molar-refractivity contribution in [3.8, 4) is 11.8 Å². The Bertz CT molecular complexity index is 1000. The predicted octanol–water partition coefficient (Wildman–Crippen LogP) is 2.43. The van der Waals surface area contributed by atoms with Crippen LogP contribution >= 0.6 is 11.6 Å². The Labute approximate surface area is 191 Å². The van der Waals surface area contributed by atoms with E-state index in [1.165, 1.54) is 0 Å². The summed E-state index contributed by atoms with van der Waals surface area (Å²) in [6, 6.07) is 8.77. The number of aliphatic carboxylic acids is 1. The van der Waals surface area contributed by atoms with Gasteiger partial charge in [0.25, 0.3) is 0 Å². The topological polar surface area (TPSA) is 128 Å². The molecule has 0 unspecified atom stereocenters. The number of rotatable bonds is 9. The fraction of sp³-hybridized carbons (Fsp3) is 0.409. The monoisotopic (exact) mass is 457 g/mol. The maximum Gasteiger partial charge on any atom is 0.303 e. The molecule has 0 spiro atoms. The molecule has 1 aliphatic rings. The highest BCUT2D eigenvalue weighted by Gasteiger charge is 2.25. The minimum absolute atomic E-state index is 0.0224. The van der Waals surface area contributed by atoms with Crippen molar-refractivity contribution in [2.24, 2.45) is 5.92 Å². The molecule has 2 heterocycles. The number of carboxylic acid groups (broad SMARTS) is 1. The number of hydrogen-bond donors (Lipinski definition) is 2. The van der Waals surface area contributed by atoms with Gasteiger partial charge in [-0.15, -0.1) is 0 Å². The van der Waals surface area contributed by atoms with E-state index in [1.807, 2.05) is 6.07 Å². The second-order valence-corrected chi connectivity index (χ2v) is 7.75. The van der Waals surface area contributed by atoms with E-state index in [4.69, 9.17) is 26.7 Å². The average Bonchev–Trinajstić information content (AvgIpc) is 2.80. The predicted molar refractivity (Wildman–Crippen MR) is 118 cm³/mol. The molecule has 3 rings (SSSR count). The zero-order valence-electron chi connectivity index (χ0n) is 17.5. The zero-order chi connectivity index (χ0) is 22.9. The van der Waals surface area contributed by atoms with Gasteiger partial charge in [0.05, 0.1) is 18.2 Å². The number of aromatic nitrogens is 2. The number of aryl methyl sites for hydroxylation is 1. The van der Waals surface area contributed by atoms with Crippen molar-refractivity contribution in [2.45, 2.75) is 25.7 Å². The van der Waals surface area contributed by atoms with Crippen LogP contribution in [0.4, 0.5) is 5.82 Å². The highest BCUT2D eigenvalue weighted by atomic mass is 35.5. The van der Waals surface area contributed by atoms with Gasteiger partial charge >= 0.3 is 5.97 Å². The third-order valence-electron chi connectivity index (χ3n) is 5.26. The van der Waals surface area contributed by atoms with E-state index < -0.39 is 5.97 Å². The van der Waals surface area contributed by atoms with E-state index >= 15 is 0 Å². The van der Waals surface area contributed by atoms with Gasteiger partial charge < -0.3 is 20.1 Å². The molecule has 32 heavy (non-hydrogen) atoms. The molecule has 0 aliphatic carbocycles. The number of hydrogen-bond acceptors (Lipinski definition) is 7. The van der Waals surface area contributed by atoms with Crippen molar-refractivity contribution < 1.29 is 19.4 Å². The van der Waals surface area contributed by atoms with Crippen molar-refractivity contribution in [1.29, 1.82) is 5.26 Å². The second-order valence-electron chi connectivity index (χ2n) is 7.41. The minimum Gasteiger partial charge on any atom is -0.491 e. The lowest BCUT2D eigenvalue weighted by Crippen LogP contribution is -2.41. The lowest BCUT2D eigenvalue weighted by Gasteiger charge is -2.32. The standard InChI is InChI=1S/C22H24ClN5O4/c23-22-26-8-5-19(27-22)28-10-6-17(7-11-28)21(31)25-9-12-32-18-13-15(14-24)1-2-16(18)3-4-20(29)30/h1-2,5,8,13,17H,3-4,6-7,9-12H2,(H,25,31)(H,29,30). The smallest absolute Gasteiger partial charge is 0.303 e. The summed E-state index contributed by atoms with van der Waals surface area (Å²) in [5, 5.41) is 21.1. The Morgan fingerprint density at radius 1 is 1.31 bits per heavy atom. The molecular formula is C22H24ClN5O4. The van der Waals surface area contributed by atoms with Crippen LogP contribution in [0.2, 0.25) is 5.28 Å². The maximum absolute atomic E-state index is 12.5. The average molecular weight is 458 g/mol. The van der Waals surface area contributed by atoms with Crippen molar-refractivity contribution in [1.82, 2.24) is 15.3 Å². The zero-order valence-corrected chi connectivity index (χ0v) is 18.2. The van der Waals surface area contributed by atoms with Gasteiger partial charge in [0, 0.05) is 31.6 Å². The van der Waals surface area contributed by atoms with Gasteiger partial charge in [-0.05, 0) is 54.6 Å². The highest BCUT2D eigenvalue weighted by Crippen LogP contribution is 2.23. The fourth-order valence-electron chi connectivity index (χ4n) is 3.56. The SMILES string of the molecule is N#Cc1ccc(CCC(=O)O)c(OCCNC(=O)C2CCN(c3ccnc(Cl)n3)CC2)c1. The molecule has 10 heteroatoms. The Morgan fingerprint density at radius 3 is 2.78 bits per heavy atom. The first-order valence-electron chi connectivity index (χ1n) is 10.3. The van der Waals surface area contributed by atoms with E-state index in [1.54, 1.807) is 30.5 Å². The lowest BCUT2D eigenvalue weighted by atomic mass is 9.96. The molecule has 168 valence electrons. The number of carbonyl (C=O) groups excluding carboxylic acids is 1. The van der Waals surface area contributed by atoms with Crippen LogP contribution in [-0.2, 0) is 16.0 Å². The molecule has 9 nitrogen and oxygen atoms in total. The Kier molecular flexibility index (Phi) is 8.22. The molecule has 1 aromatic heterocycles. The molecule has 0 radical (unpaired) electrons. The lowest BCUT2D eigenvalue weighted by molar-refractivity contribution is -0.137. The molecule has 1 fully saturated rings. The van der Waals surface area contributed by atoms with Crippen LogP contribution in [0.15, 0.2) is 30.5 Å². The highest BCUT2D eigenvalue weighted by molar-refractivity contribution is 6.28. The molecule has 0 saturated carbocycles. The quantitative estimate of drug-likeness (QED) is 0.434. The summed E-state index contributed by atoms with van der Waals surface area (Å²) in [6.07, 6.45) is 3.30. The van der Waals surface area contributed by atoms with E-state index in [9.17, 15) is 9.59 Å². The second kappa shape index (κ2) is 11.3. The van der Waals surface area contributed by atoms with Gasteiger partial charge in [-0.1, -0.05) is 6.07 Å². The summed E-state index contributed by atoms with van der Waals surface area (Å²) < 4.78 is 5.74. The summed E-state index contributed by atoms with van der Waals surface area (Å²) in [4.78, 5) is 33.5. The number of nitrogens with zero attached hydrogens (tertiary/aromatic N) is 4. The molecule has 0 atom stereocenters. The van der Waals surface area contributed by atoms with Gasteiger partial charge in [-0.2, -0.15) is 5.26 Å². The minimum atomic E-state index is -0.901. The Balaban J connectivity index is 1.44. The van der Waals surface area contributed by atoms with Crippen LogP contribution in [0.1, 0.15) is 30.4 Å². The molecule has 1 aromatic carbocycles. The summed E-state index contributed by atoms with van der Waals surface area (Å²) in [5.74, 6) is 0.218. The molecule has 1 aliphatic heterocycles. The largest absolute Gasteiger partial charge is 0.491 e. The van der Waals surface area contributed by atoms with Crippen molar-refractivity contribution in [3.05, 3.63) is 46.9 Å². The van der Waals surface area contributed by atoms with Crippen LogP contribution < -0.4 is 15.0 Å². The molecule has 1 amide bonds. The van der Waals surface area contributed by atoms with Gasteiger partial charge in [-0.25, -0.2) is 9.97 Å². The maximum atomic E-state index is 12.5. The first kappa shape index (κ1) is 23.3. The van der Waals surface area contributed by atoms with Crippen LogP contribution in [0.3, 0.4) is 0 Å². The summed E-state index contributed by atoms with van der Waals surface area (Å²) in [5.41, 5.74) is 1.15. The molecule has 2 aromatic rings.